The fraction of sp³-hybridized carbons (Fsp3) is 0.938. The summed E-state index contributed by atoms with van der Waals surface area (Å²) < 4.78 is 11.7. The number of halogens is 1. The first-order chi connectivity index (χ1) is 8.85. The zero-order valence-corrected chi connectivity index (χ0v) is 16.7. The van der Waals surface area contributed by atoms with Gasteiger partial charge in [0, 0.05) is 13.2 Å². The Bertz CT molecular complexity index is 147. The standard InChI is InChI=1S/C16H33O2.BrH.Mg/c1-4-7-10-13-16(17-14-11-8-5-2)18-15-12-9-6-3;;/h16H,1,4-15H2,2-3H3;1H;/q-1;;+2/p-1. The Morgan fingerprint density at radius 2 is 1.30 bits per heavy atom. The van der Waals surface area contributed by atoms with Gasteiger partial charge in [-0.15, -0.1) is 0 Å². The third-order valence-electron chi connectivity index (χ3n) is 3.04. The van der Waals surface area contributed by atoms with E-state index in [-0.39, 0.29) is 46.3 Å². The number of rotatable bonds is 14. The smallest absolute Gasteiger partial charge is 1.00 e. The quantitative estimate of drug-likeness (QED) is 0.203. The van der Waals surface area contributed by atoms with Crippen LogP contribution in [-0.4, -0.2) is 42.6 Å². The third kappa shape index (κ3) is 19.2. The molecule has 4 heteroatoms. The van der Waals surface area contributed by atoms with Crippen LogP contribution < -0.4 is 17.0 Å². The van der Waals surface area contributed by atoms with Crippen molar-refractivity contribution in [1.29, 1.82) is 0 Å². The molecule has 20 heavy (non-hydrogen) atoms. The van der Waals surface area contributed by atoms with E-state index >= 15 is 0 Å². The third-order valence-corrected chi connectivity index (χ3v) is 3.04. The van der Waals surface area contributed by atoms with Gasteiger partial charge in [0.25, 0.3) is 0 Å². The summed E-state index contributed by atoms with van der Waals surface area (Å²) in [7, 11) is 0. The van der Waals surface area contributed by atoms with E-state index in [0.717, 1.165) is 45.3 Å². The summed E-state index contributed by atoms with van der Waals surface area (Å²) in [5, 5.41) is 0. The molecular weight excluding hydrogens is 328 g/mol. The van der Waals surface area contributed by atoms with E-state index in [0.29, 0.717) is 0 Å². The number of ether oxygens (including phenoxy) is 2. The Hall–Kier alpha value is 1.17. The topological polar surface area (TPSA) is 18.5 Å². The number of unbranched alkanes of at least 4 members (excludes halogenated alkanes) is 6. The molecule has 0 radical (unpaired) electrons. The van der Waals surface area contributed by atoms with Gasteiger partial charge in [0.05, 0.1) is 0 Å². The van der Waals surface area contributed by atoms with Gasteiger partial charge in [-0.05, 0) is 19.3 Å². The SMILES string of the molecule is [Br-].[CH2-]CCCCC(OCCCCC)OCCCCC.[Mg+2]. The van der Waals surface area contributed by atoms with Crippen LogP contribution in [0.4, 0.5) is 0 Å². The van der Waals surface area contributed by atoms with Crippen molar-refractivity contribution in [3.05, 3.63) is 6.92 Å². The zero-order chi connectivity index (χ0) is 13.5. The van der Waals surface area contributed by atoms with Crippen LogP contribution in [0, 0.1) is 6.92 Å². The van der Waals surface area contributed by atoms with Crippen LogP contribution in [0.1, 0.15) is 78.1 Å². The molecule has 0 aliphatic carbocycles. The van der Waals surface area contributed by atoms with Gasteiger partial charge in [0.2, 0.25) is 0 Å². The Labute approximate surface area is 153 Å². The minimum atomic E-state index is 0. The van der Waals surface area contributed by atoms with Crippen molar-refractivity contribution < 1.29 is 26.5 Å². The van der Waals surface area contributed by atoms with Crippen LogP contribution in [0.25, 0.3) is 0 Å². The Morgan fingerprint density at radius 3 is 1.70 bits per heavy atom. The molecule has 0 saturated carbocycles. The first kappa shape index (κ1) is 26.1. The van der Waals surface area contributed by atoms with E-state index in [1.54, 1.807) is 0 Å². The molecule has 0 aromatic rings. The molecule has 0 fully saturated rings. The van der Waals surface area contributed by atoms with Gasteiger partial charge in [-0.1, -0.05) is 52.4 Å². The normalized spacial score (nSPS) is 10.2. The largest absolute Gasteiger partial charge is 2.00 e. The summed E-state index contributed by atoms with van der Waals surface area (Å²) in [4.78, 5) is 0. The van der Waals surface area contributed by atoms with E-state index in [2.05, 4.69) is 20.8 Å². The van der Waals surface area contributed by atoms with Crippen LogP contribution >= 0.6 is 0 Å². The molecule has 0 atom stereocenters. The molecule has 0 aromatic carbocycles. The van der Waals surface area contributed by atoms with Gasteiger partial charge in [0.15, 0.2) is 6.29 Å². The molecule has 0 spiro atoms. The number of hydrogen-bond donors (Lipinski definition) is 0. The predicted octanol–water partition coefficient (Wildman–Crippen LogP) is 1.74. The summed E-state index contributed by atoms with van der Waals surface area (Å²) in [6.07, 6.45) is 11.7. The second kappa shape index (κ2) is 22.4. The van der Waals surface area contributed by atoms with Gasteiger partial charge in [0.1, 0.15) is 0 Å². The molecule has 0 rings (SSSR count). The van der Waals surface area contributed by atoms with E-state index in [1.165, 1.54) is 32.1 Å². The summed E-state index contributed by atoms with van der Waals surface area (Å²) >= 11 is 0. The Balaban J connectivity index is -0.00000144. The summed E-state index contributed by atoms with van der Waals surface area (Å²) in [5.41, 5.74) is 0. The number of hydrogen-bond acceptors (Lipinski definition) is 2. The zero-order valence-electron chi connectivity index (χ0n) is 13.7. The van der Waals surface area contributed by atoms with Gasteiger partial charge in [-0.3, -0.25) is 0 Å². The second-order valence-electron chi connectivity index (χ2n) is 4.93. The first-order valence-electron chi connectivity index (χ1n) is 7.87. The van der Waals surface area contributed by atoms with Crippen LogP contribution in [0.15, 0.2) is 0 Å². The Morgan fingerprint density at radius 1 is 0.800 bits per heavy atom. The van der Waals surface area contributed by atoms with E-state index in [1.807, 2.05) is 0 Å². The molecule has 118 valence electrons. The minimum Gasteiger partial charge on any atom is -1.00 e. The van der Waals surface area contributed by atoms with Crippen LogP contribution in [0.2, 0.25) is 0 Å². The minimum absolute atomic E-state index is 0. The molecule has 0 bridgehead atoms. The molecule has 0 aliphatic rings. The second-order valence-corrected chi connectivity index (χ2v) is 4.93. The first-order valence-corrected chi connectivity index (χ1v) is 7.87. The summed E-state index contributed by atoms with van der Waals surface area (Å²) in [5.74, 6) is 0. The molecule has 2 nitrogen and oxygen atoms in total. The maximum atomic E-state index is 5.83. The molecule has 0 saturated heterocycles. The van der Waals surface area contributed by atoms with Gasteiger partial charge >= 0.3 is 23.1 Å². The maximum absolute atomic E-state index is 5.83. The molecule has 0 aliphatic heterocycles. The van der Waals surface area contributed by atoms with Gasteiger partial charge in [-0.2, -0.15) is 6.42 Å². The molecule has 0 heterocycles. The monoisotopic (exact) mass is 360 g/mol. The van der Waals surface area contributed by atoms with Crippen molar-refractivity contribution in [3.63, 3.8) is 0 Å². The van der Waals surface area contributed by atoms with Crippen molar-refractivity contribution in [2.75, 3.05) is 13.2 Å². The molecule has 0 amide bonds. The molecular formula is C16H33BrMgO2. The van der Waals surface area contributed by atoms with Crippen molar-refractivity contribution in [2.45, 2.75) is 84.3 Å². The fourth-order valence-electron chi connectivity index (χ4n) is 1.84. The molecule has 0 unspecified atom stereocenters. The van der Waals surface area contributed by atoms with Crippen LogP contribution in [0.5, 0.6) is 0 Å². The maximum Gasteiger partial charge on any atom is 2.00 e. The van der Waals surface area contributed by atoms with Crippen molar-refractivity contribution in [3.8, 4) is 0 Å². The van der Waals surface area contributed by atoms with Crippen molar-refractivity contribution >= 4 is 23.1 Å². The van der Waals surface area contributed by atoms with Crippen molar-refractivity contribution in [1.82, 2.24) is 0 Å². The average Bonchev–Trinajstić information content (AvgIpc) is 2.39. The van der Waals surface area contributed by atoms with E-state index in [4.69, 9.17) is 9.47 Å². The molecule has 0 aromatic heterocycles. The summed E-state index contributed by atoms with van der Waals surface area (Å²) in [6, 6.07) is 0. The van der Waals surface area contributed by atoms with E-state index < -0.39 is 0 Å². The van der Waals surface area contributed by atoms with E-state index in [9.17, 15) is 0 Å². The molecule has 0 N–H and O–H groups in total. The van der Waals surface area contributed by atoms with Gasteiger partial charge < -0.3 is 33.4 Å². The fourth-order valence-corrected chi connectivity index (χ4v) is 1.84. The average molecular weight is 362 g/mol. The predicted molar refractivity (Wildman–Crippen MR) is 84.3 cm³/mol. The summed E-state index contributed by atoms with van der Waals surface area (Å²) in [6.45, 7) is 9.99. The van der Waals surface area contributed by atoms with Crippen LogP contribution in [0.3, 0.4) is 0 Å². The van der Waals surface area contributed by atoms with Crippen molar-refractivity contribution in [2.24, 2.45) is 0 Å². The van der Waals surface area contributed by atoms with Gasteiger partial charge in [-0.25, -0.2) is 0 Å². The van der Waals surface area contributed by atoms with Crippen LogP contribution in [-0.2, 0) is 9.47 Å². The Kier molecular flexibility index (Phi) is 29.3.